The summed E-state index contributed by atoms with van der Waals surface area (Å²) < 4.78 is 11.1. The Hall–Kier alpha value is -5.36. The van der Waals surface area contributed by atoms with Crippen LogP contribution in [-0.2, 0) is 36.7 Å². The molecule has 3 unspecified atom stereocenters. The van der Waals surface area contributed by atoms with Crippen LogP contribution in [0.25, 0.3) is 6.08 Å². The number of carbonyl (C=O) groups excluding carboxylic acids is 4. The molecule has 9 heteroatoms. The van der Waals surface area contributed by atoms with Crippen LogP contribution in [0.15, 0.2) is 91.5 Å². The van der Waals surface area contributed by atoms with Crippen molar-refractivity contribution in [3.05, 3.63) is 114 Å². The lowest BCUT2D eigenvalue weighted by molar-refractivity contribution is -0.159. The minimum atomic E-state index is -1.40. The molecule has 3 aromatic rings. The van der Waals surface area contributed by atoms with Crippen molar-refractivity contribution in [2.45, 2.75) is 83.7 Å². The summed E-state index contributed by atoms with van der Waals surface area (Å²) in [6, 6.07) is 23.7. The molecule has 3 rings (SSSR count). The molecule has 0 bridgehead atoms. The van der Waals surface area contributed by atoms with Gasteiger partial charge in [-0.05, 0) is 69.9 Å². The van der Waals surface area contributed by atoms with Crippen LogP contribution < -0.4 is 10.6 Å². The molecule has 0 spiro atoms. The van der Waals surface area contributed by atoms with E-state index in [4.69, 9.17) is 15.9 Å². The molecule has 2 N–H and O–H groups in total. The summed E-state index contributed by atoms with van der Waals surface area (Å²) in [5, 5.41) is 5.47. The predicted octanol–water partition coefficient (Wildman–Crippen LogP) is 6.00. The van der Waals surface area contributed by atoms with Crippen molar-refractivity contribution in [2.75, 3.05) is 0 Å². The summed E-state index contributed by atoms with van der Waals surface area (Å²) in [5.41, 5.74) is 0.913. The van der Waals surface area contributed by atoms with Gasteiger partial charge in [0.1, 0.15) is 29.3 Å². The van der Waals surface area contributed by atoms with E-state index in [1.54, 1.807) is 71.9 Å². The van der Waals surface area contributed by atoms with E-state index in [9.17, 15) is 19.2 Å². The number of terminal acetylenes is 1. The number of rotatable bonds is 12. The zero-order valence-electron chi connectivity index (χ0n) is 28.5. The number of hydrogen-bond acceptors (Lipinski definition) is 6. The molecule has 0 aliphatic heterocycles. The van der Waals surface area contributed by atoms with Crippen LogP contribution >= 0.6 is 0 Å². The van der Waals surface area contributed by atoms with Crippen molar-refractivity contribution >= 4 is 30.0 Å². The highest BCUT2D eigenvalue weighted by Crippen LogP contribution is 2.25. The highest BCUT2D eigenvalue weighted by Gasteiger charge is 2.38. The summed E-state index contributed by atoms with van der Waals surface area (Å²) in [5.74, 6) is -2.09. The summed E-state index contributed by atoms with van der Waals surface area (Å²) >= 11 is 0. The number of hydrogen-bond donors (Lipinski definition) is 2. The van der Waals surface area contributed by atoms with E-state index in [0.717, 1.165) is 16.0 Å². The number of ether oxygens (including phenoxy) is 2. The third-order valence-corrected chi connectivity index (χ3v) is 6.91. The molecule has 0 aromatic heterocycles. The van der Waals surface area contributed by atoms with Gasteiger partial charge in [-0.25, -0.2) is 9.59 Å². The van der Waals surface area contributed by atoms with Crippen LogP contribution in [-0.4, -0.2) is 52.1 Å². The van der Waals surface area contributed by atoms with Crippen LogP contribution in [0.2, 0.25) is 0 Å². The van der Waals surface area contributed by atoms with E-state index in [1.807, 2.05) is 60.7 Å². The molecule has 0 aliphatic carbocycles. The normalized spacial score (nSPS) is 13.1. The zero-order chi connectivity index (χ0) is 35.5. The van der Waals surface area contributed by atoms with Gasteiger partial charge in [0.25, 0.3) is 5.91 Å². The summed E-state index contributed by atoms with van der Waals surface area (Å²) in [4.78, 5) is 56.1. The molecule has 3 amide bonds. The Morgan fingerprint density at radius 3 is 1.83 bits per heavy atom. The third kappa shape index (κ3) is 11.5. The minimum absolute atomic E-state index is 0.0622. The van der Waals surface area contributed by atoms with Crippen molar-refractivity contribution < 1.29 is 28.7 Å². The van der Waals surface area contributed by atoms with Crippen molar-refractivity contribution in [1.82, 2.24) is 15.5 Å². The zero-order valence-corrected chi connectivity index (χ0v) is 28.5. The van der Waals surface area contributed by atoms with Crippen LogP contribution in [0.5, 0.6) is 0 Å². The second-order valence-corrected chi connectivity index (χ2v) is 13.3. The standard InChI is InChI=1S/C39H45N3O6/c1-9-27-22-17-23-30(24-27)33(34(43)40-32(36(45)47-38(3,4)5)26-29-20-15-12-16-21-29)42(10-2)35(44)31(25-28-18-13-11-14-19-28)41-37(46)48-39(6,7)8/h2,9,11-24,31-33H,1,25-26H2,3-8H3,(H,40,43)(H,41,46). The Bertz CT molecular complexity index is 1620. The molecule has 48 heavy (non-hydrogen) atoms. The fraction of sp³-hybridized carbons (Fsp3) is 0.333. The van der Waals surface area contributed by atoms with E-state index in [-0.39, 0.29) is 12.8 Å². The molecule has 252 valence electrons. The second kappa shape index (κ2) is 16.5. The lowest BCUT2D eigenvalue weighted by atomic mass is 9.98. The van der Waals surface area contributed by atoms with Gasteiger partial charge in [-0.15, -0.1) is 0 Å². The van der Waals surface area contributed by atoms with E-state index in [0.29, 0.717) is 11.1 Å². The molecule has 0 saturated carbocycles. The molecule has 9 nitrogen and oxygen atoms in total. The number of carbonyl (C=O) groups is 4. The first kappa shape index (κ1) is 37.1. The van der Waals surface area contributed by atoms with Gasteiger partial charge in [-0.3, -0.25) is 14.5 Å². The number of benzene rings is 3. The molecular formula is C39H45N3O6. The lowest BCUT2D eigenvalue weighted by Gasteiger charge is -2.32. The Balaban J connectivity index is 2.07. The second-order valence-electron chi connectivity index (χ2n) is 13.3. The smallest absolute Gasteiger partial charge is 0.408 e. The third-order valence-electron chi connectivity index (χ3n) is 6.91. The van der Waals surface area contributed by atoms with Gasteiger partial charge >= 0.3 is 12.1 Å². The van der Waals surface area contributed by atoms with Crippen molar-refractivity contribution in [3.63, 3.8) is 0 Å². The number of nitrogens with zero attached hydrogens (tertiary/aromatic N) is 1. The molecule has 3 atom stereocenters. The molecule has 0 aliphatic rings. The average Bonchev–Trinajstić information content (AvgIpc) is 3.01. The van der Waals surface area contributed by atoms with Gasteiger partial charge in [0.05, 0.1) is 0 Å². The van der Waals surface area contributed by atoms with Gasteiger partial charge in [0.2, 0.25) is 5.91 Å². The topological polar surface area (TPSA) is 114 Å². The lowest BCUT2D eigenvalue weighted by Crippen LogP contribution is -2.54. The first-order valence-corrected chi connectivity index (χ1v) is 15.7. The van der Waals surface area contributed by atoms with E-state index >= 15 is 0 Å². The number of amides is 3. The van der Waals surface area contributed by atoms with Crippen LogP contribution in [0.4, 0.5) is 4.79 Å². The minimum Gasteiger partial charge on any atom is -0.458 e. The molecule has 0 fully saturated rings. The molecule has 3 aromatic carbocycles. The SMILES string of the molecule is C#CN(C(=O)C(Cc1ccccc1)NC(=O)OC(C)(C)C)C(C(=O)NC(Cc1ccccc1)C(=O)OC(C)(C)C)c1cccc(C=C)c1. The van der Waals surface area contributed by atoms with E-state index in [2.05, 4.69) is 23.3 Å². The molecule has 0 saturated heterocycles. The summed E-state index contributed by atoms with van der Waals surface area (Å²) in [7, 11) is 0. The number of esters is 1. The van der Waals surface area contributed by atoms with E-state index in [1.165, 1.54) is 0 Å². The predicted molar refractivity (Wildman–Crippen MR) is 186 cm³/mol. The van der Waals surface area contributed by atoms with Crippen LogP contribution in [0.1, 0.15) is 69.8 Å². The average molecular weight is 652 g/mol. The maximum absolute atomic E-state index is 14.4. The largest absolute Gasteiger partial charge is 0.458 e. The maximum atomic E-state index is 14.4. The first-order valence-electron chi connectivity index (χ1n) is 15.7. The van der Waals surface area contributed by atoms with Crippen LogP contribution in [0, 0.1) is 12.5 Å². The number of alkyl carbamates (subject to hydrolysis) is 1. The highest BCUT2D eigenvalue weighted by atomic mass is 16.6. The monoisotopic (exact) mass is 651 g/mol. The highest BCUT2D eigenvalue weighted by molar-refractivity contribution is 5.95. The Kier molecular flexibility index (Phi) is 12.7. The summed E-state index contributed by atoms with van der Waals surface area (Å²) in [6.45, 7) is 14.1. The van der Waals surface area contributed by atoms with Gasteiger partial charge in [0.15, 0.2) is 0 Å². The van der Waals surface area contributed by atoms with Crippen LogP contribution in [0.3, 0.4) is 0 Å². The van der Waals surface area contributed by atoms with Crippen molar-refractivity contribution in [1.29, 1.82) is 0 Å². The Morgan fingerprint density at radius 2 is 1.33 bits per heavy atom. The molecular weight excluding hydrogens is 606 g/mol. The van der Waals surface area contributed by atoms with E-state index < -0.39 is 53.2 Å². The van der Waals surface area contributed by atoms with Crippen molar-refractivity contribution in [3.8, 4) is 12.5 Å². The van der Waals surface area contributed by atoms with Gasteiger partial charge < -0.3 is 20.1 Å². The van der Waals surface area contributed by atoms with Crippen molar-refractivity contribution in [2.24, 2.45) is 0 Å². The first-order chi connectivity index (χ1) is 22.6. The number of nitrogens with one attached hydrogen (secondary N) is 2. The Labute approximate surface area is 283 Å². The Morgan fingerprint density at radius 1 is 0.792 bits per heavy atom. The quantitative estimate of drug-likeness (QED) is 0.141. The fourth-order valence-corrected chi connectivity index (χ4v) is 4.87. The molecule has 0 radical (unpaired) electrons. The summed E-state index contributed by atoms with van der Waals surface area (Å²) in [6.07, 6.45) is 6.97. The van der Waals surface area contributed by atoms with Gasteiger partial charge in [-0.1, -0.05) is 97.9 Å². The fourth-order valence-electron chi connectivity index (χ4n) is 4.87. The van der Waals surface area contributed by atoms with Gasteiger partial charge in [-0.2, -0.15) is 0 Å². The van der Waals surface area contributed by atoms with Gasteiger partial charge in [0, 0.05) is 18.9 Å². The molecule has 0 heterocycles. The maximum Gasteiger partial charge on any atom is 0.408 e.